The van der Waals surface area contributed by atoms with Crippen molar-refractivity contribution in [3.05, 3.63) is 23.9 Å². The lowest BCUT2D eigenvalue weighted by molar-refractivity contribution is -0.137. The van der Waals surface area contributed by atoms with Gasteiger partial charge in [-0.05, 0) is 31.9 Å². The number of halogens is 3. The number of rotatable bonds is 1. The molecule has 0 amide bonds. The van der Waals surface area contributed by atoms with Gasteiger partial charge in [0.05, 0.1) is 5.56 Å². The lowest BCUT2D eigenvalue weighted by atomic mass is 10.2. The van der Waals surface area contributed by atoms with Gasteiger partial charge < -0.3 is 4.90 Å². The van der Waals surface area contributed by atoms with Gasteiger partial charge in [0.15, 0.2) is 0 Å². The first-order valence-electron chi connectivity index (χ1n) is 5.28. The Balaban J connectivity index is 2.19. The smallest absolute Gasteiger partial charge is 0.354 e. The van der Waals surface area contributed by atoms with Gasteiger partial charge in [-0.25, -0.2) is 4.98 Å². The summed E-state index contributed by atoms with van der Waals surface area (Å²) in [5.41, 5.74) is -0.692. The second-order valence-corrected chi connectivity index (χ2v) is 4.09. The van der Waals surface area contributed by atoms with Gasteiger partial charge in [0.25, 0.3) is 0 Å². The van der Waals surface area contributed by atoms with E-state index in [0.29, 0.717) is 11.9 Å². The fourth-order valence-electron chi connectivity index (χ4n) is 2.00. The summed E-state index contributed by atoms with van der Waals surface area (Å²) in [6.45, 7) is 2.94. The van der Waals surface area contributed by atoms with Crippen LogP contribution in [0.3, 0.4) is 0 Å². The molecule has 1 atom stereocenters. The highest BCUT2D eigenvalue weighted by molar-refractivity contribution is 5.41. The van der Waals surface area contributed by atoms with E-state index in [-0.39, 0.29) is 0 Å². The molecule has 2 rings (SSSR count). The second kappa shape index (κ2) is 3.96. The number of nitrogens with zero attached hydrogens (tertiary/aromatic N) is 2. The standard InChI is InChI=1S/C11H13F3N2/c1-8-3-2-6-16(8)10-5-4-9(7-15-10)11(12,13)14/h4-5,7-8H,2-3,6H2,1H3. The summed E-state index contributed by atoms with van der Waals surface area (Å²) < 4.78 is 37.0. The monoisotopic (exact) mass is 230 g/mol. The van der Waals surface area contributed by atoms with Crippen molar-refractivity contribution in [2.24, 2.45) is 0 Å². The Morgan fingerprint density at radius 1 is 1.38 bits per heavy atom. The predicted molar refractivity (Wildman–Crippen MR) is 55.3 cm³/mol. The average molecular weight is 230 g/mol. The Hall–Kier alpha value is -1.26. The van der Waals surface area contributed by atoms with Crippen molar-refractivity contribution in [2.75, 3.05) is 11.4 Å². The number of pyridine rings is 1. The summed E-state index contributed by atoms with van der Waals surface area (Å²) in [4.78, 5) is 5.93. The molecule has 1 fully saturated rings. The van der Waals surface area contributed by atoms with Crippen LogP contribution in [0.25, 0.3) is 0 Å². The molecular weight excluding hydrogens is 217 g/mol. The number of anilines is 1. The van der Waals surface area contributed by atoms with Crippen LogP contribution in [0.15, 0.2) is 18.3 Å². The summed E-state index contributed by atoms with van der Waals surface area (Å²) in [5, 5.41) is 0. The molecule has 2 nitrogen and oxygen atoms in total. The third-order valence-corrected chi connectivity index (χ3v) is 2.92. The molecule has 0 aromatic carbocycles. The zero-order valence-electron chi connectivity index (χ0n) is 8.96. The van der Waals surface area contributed by atoms with Gasteiger partial charge in [-0.15, -0.1) is 0 Å². The Labute approximate surface area is 92.1 Å². The van der Waals surface area contributed by atoms with E-state index in [1.165, 1.54) is 6.07 Å². The molecule has 88 valence electrons. The van der Waals surface area contributed by atoms with E-state index < -0.39 is 11.7 Å². The van der Waals surface area contributed by atoms with Gasteiger partial charge in [-0.3, -0.25) is 0 Å². The second-order valence-electron chi connectivity index (χ2n) is 4.09. The molecule has 0 N–H and O–H groups in total. The molecule has 2 heterocycles. The van der Waals surface area contributed by atoms with Gasteiger partial charge in [0.2, 0.25) is 0 Å². The van der Waals surface area contributed by atoms with E-state index in [2.05, 4.69) is 11.9 Å². The minimum Gasteiger partial charge on any atom is -0.354 e. The van der Waals surface area contributed by atoms with Crippen molar-refractivity contribution in [2.45, 2.75) is 32.0 Å². The van der Waals surface area contributed by atoms with E-state index in [0.717, 1.165) is 31.6 Å². The molecule has 1 unspecified atom stereocenters. The summed E-state index contributed by atoms with van der Waals surface area (Å²) in [7, 11) is 0. The Kier molecular flexibility index (Phi) is 2.78. The average Bonchev–Trinajstić information content (AvgIpc) is 2.63. The SMILES string of the molecule is CC1CCCN1c1ccc(C(F)(F)F)cn1. The molecule has 1 saturated heterocycles. The fraction of sp³-hybridized carbons (Fsp3) is 0.545. The number of aromatic nitrogens is 1. The third kappa shape index (κ3) is 2.13. The summed E-state index contributed by atoms with van der Waals surface area (Å²) in [6.07, 6.45) is -1.25. The van der Waals surface area contributed by atoms with Crippen molar-refractivity contribution < 1.29 is 13.2 Å². The summed E-state index contributed by atoms with van der Waals surface area (Å²) in [5.74, 6) is 0.637. The predicted octanol–water partition coefficient (Wildman–Crippen LogP) is 3.09. The van der Waals surface area contributed by atoms with Crippen LogP contribution in [0.5, 0.6) is 0 Å². The lowest BCUT2D eigenvalue weighted by Gasteiger charge is -2.22. The van der Waals surface area contributed by atoms with E-state index in [4.69, 9.17) is 0 Å². The van der Waals surface area contributed by atoms with Crippen molar-refractivity contribution in [3.63, 3.8) is 0 Å². The van der Waals surface area contributed by atoms with Crippen LogP contribution < -0.4 is 4.90 Å². The fourth-order valence-corrected chi connectivity index (χ4v) is 2.00. The quantitative estimate of drug-likeness (QED) is 0.737. The highest BCUT2D eigenvalue weighted by Gasteiger charge is 2.31. The van der Waals surface area contributed by atoms with E-state index in [1.54, 1.807) is 0 Å². The number of hydrogen-bond donors (Lipinski definition) is 0. The van der Waals surface area contributed by atoms with Crippen LogP contribution in [0.1, 0.15) is 25.3 Å². The minimum atomic E-state index is -4.30. The van der Waals surface area contributed by atoms with Crippen LogP contribution in [0.2, 0.25) is 0 Å². The van der Waals surface area contributed by atoms with Crippen LogP contribution in [0, 0.1) is 0 Å². The maximum absolute atomic E-state index is 12.3. The van der Waals surface area contributed by atoms with Crippen LogP contribution >= 0.6 is 0 Å². The third-order valence-electron chi connectivity index (χ3n) is 2.92. The zero-order valence-corrected chi connectivity index (χ0v) is 8.96. The molecule has 0 radical (unpaired) electrons. The van der Waals surface area contributed by atoms with Gasteiger partial charge >= 0.3 is 6.18 Å². The van der Waals surface area contributed by atoms with E-state index >= 15 is 0 Å². The molecule has 1 aliphatic heterocycles. The zero-order chi connectivity index (χ0) is 11.8. The molecule has 1 aromatic heterocycles. The van der Waals surface area contributed by atoms with Crippen molar-refractivity contribution in [1.82, 2.24) is 4.98 Å². The van der Waals surface area contributed by atoms with Gasteiger partial charge in [0, 0.05) is 18.8 Å². The molecule has 0 spiro atoms. The molecule has 16 heavy (non-hydrogen) atoms. The van der Waals surface area contributed by atoms with E-state index in [1.807, 2.05) is 4.90 Å². The van der Waals surface area contributed by atoms with Gasteiger partial charge in [0.1, 0.15) is 5.82 Å². The van der Waals surface area contributed by atoms with Gasteiger partial charge in [-0.1, -0.05) is 0 Å². The Bertz CT molecular complexity index is 358. The van der Waals surface area contributed by atoms with Crippen LogP contribution in [-0.2, 0) is 6.18 Å². The lowest BCUT2D eigenvalue weighted by Crippen LogP contribution is -2.27. The number of hydrogen-bond acceptors (Lipinski definition) is 2. The normalized spacial score (nSPS) is 21.5. The van der Waals surface area contributed by atoms with Crippen molar-refractivity contribution in [1.29, 1.82) is 0 Å². The molecular formula is C11H13F3N2. The Morgan fingerprint density at radius 2 is 2.12 bits per heavy atom. The Morgan fingerprint density at radius 3 is 2.56 bits per heavy atom. The molecule has 1 aliphatic rings. The number of alkyl halides is 3. The van der Waals surface area contributed by atoms with E-state index in [9.17, 15) is 13.2 Å². The maximum atomic E-state index is 12.3. The largest absolute Gasteiger partial charge is 0.417 e. The first-order valence-corrected chi connectivity index (χ1v) is 5.28. The molecule has 0 aliphatic carbocycles. The first kappa shape index (κ1) is 11.2. The minimum absolute atomic E-state index is 0.365. The molecule has 0 bridgehead atoms. The summed E-state index contributed by atoms with van der Waals surface area (Å²) in [6, 6.07) is 2.90. The highest BCUT2D eigenvalue weighted by atomic mass is 19.4. The summed E-state index contributed by atoms with van der Waals surface area (Å²) >= 11 is 0. The van der Waals surface area contributed by atoms with Gasteiger partial charge in [-0.2, -0.15) is 13.2 Å². The van der Waals surface area contributed by atoms with Crippen LogP contribution in [0.4, 0.5) is 19.0 Å². The molecule has 1 aromatic rings. The highest BCUT2D eigenvalue weighted by Crippen LogP contribution is 2.30. The van der Waals surface area contributed by atoms with Crippen molar-refractivity contribution in [3.8, 4) is 0 Å². The van der Waals surface area contributed by atoms with Crippen LogP contribution in [-0.4, -0.2) is 17.6 Å². The topological polar surface area (TPSA) is 16.1 Å². The first-order chi connectivity index (χ1) is 7.48. The molecule has 5 heteroatoms. The van der Waals surface area contributed by atoms with Crippen molar-refractivity contribution >= 4 is 5.82 Å². The molecule has 0 saturated carbocycles. The maximum Gasteiger partial charge on any atom is 0.417 e.